The molecule has 1 atom stereocenters. The smallest absolute Gasteiger partial charge is 0.416 e. The summed E-state index contributed by atoms with van der Waals surface area (Å²) in [6, 6.07) is 57.9. The van der Waals surface area contributed by atoms with E-state index in [1.165, 1.54) is 82.1 Å². The molecule has 33 nitrogen and oxygen atoms in total. The molecule has 2 saturated carbocycles. The number of nitrogens with two attached hydrogens (primary N) is 1. The van der Waals surface area contributed by atoms with Crippen LogP contribution in [-0.2, 0) is 62.6 Å². The molecule has 0 radical (unpaired) electrons. The molecule has 11 aromatic rings. The maximum absolute atomic E-state index is 13.2. The predicted molar refractivity (Wildman–Crippen MR) is 580 cm³/mol. The zero-order valence-electron chi connectivity index (χ0n) is 85.8. The van der Waals surface area contributed by atoms with E-state index in [1.807, 2.05) is 118 Å². The van der Waals surface area contributed by atoms with Crippen molar-refractivity contribution in [2.75, 3.05) is 84.5 Å². The minimum atomic E-state index is -4.64. The molecule has 150 heavy (non-hydrogen) atoms. The second-order valence-corrected chi connectivity index (χ2v) is 45.0. The first-order valence-corrected chi connectivity index (χ1v) is 55.5. The lowest BCUT2D eigenvalue weighted by molar-refractivity contribution is -0.530. The summed E-state index contributed by atoms with van der Waals surface area (Å²) < 4.78 is 154. The van der Waals surface area contributed by atoms with E-state index in [2.05, 4.69) is 25.5 Å². The molecule has 1 aliphatic heterocycles. The molecule has 9 aromatic carbocycles. The normalized spacial score (nSPS) is 14.8. The molecule has 41 heteroatoms. The number of benzene rings is 9. The Balaban J connectivity index is 0.000000215. The Morgan fingerprint density at radius 1 is 0.527 bits per heavy atom. The Hall–Kier alpha value is -14.2. The van der Waals surface area contributed by atoms with Gasteiger partial charge in [0.15, 0.2) is 127 Å². The molecule has 3 aliphatic rings. The molecule has 802 valence electrons. The number of halogens is 4. The molecule has 3 amide bonds. The fraction of sp³-hybridized carbons (Fsp3) is 0.339. The van der Waals surface area contributed by atoms with E-state index >= 15 is 0 Å². The van der Waals surface area contributed by atoms with Gasteiger partial charge < -0.3 is 62.3 Å². The number of amides is 3. The summed E-state index contributed by atoms with van der Waals surface area (Å²) in [5, 5.41) is 90.3. The van der Waals surface area contributed by atoms with Crippen molar-refractivity contribution in [1.29, 1.82) is 0 Å². The summed E-state index contributed by atoms with van der Waals surface area (Å²) >= 11 is 5.78. The van der Waals surface area contributed by atoms with Crippen molar-refractivity contribution in [3.63, 3.8) is 0 Å². The number of aromatic nitrogens is 2. The van der Waals surface area contributed by atoms with E-state index in [0.717, 1.165) is 120 Å². The zero-order valence-corrected chi connectivity index (χ0v) is 89.8. The summed E-state index contributed by atoms with van der Waals surface area (Å²) in [5.74, 6) is -0.718. The molecule has 0 spiro atoms. The van der Waals surface area contributed by atoms with Crippen LogP contribution in [0, 0.1) is 43.4 Å². The van der Waals surface area contributed by atoms with Crippen LogP contribution in [0.5, 0.6) is 5.75 Å². The number of rotatable bonds is 30. The summed E-state index contributed by atoms with van der Waals surface area (Å²) in [5.41, 5.74) is 10.8. The fourth-order valence-corrected chi connectivity index (χ4v) is 21.6. The number of likely N-dealkylation sites (N-methyl/N-ethyl adjacent to an activating group) is 1. The standard InChI is InChI=1S/C22H21NO3S.C19H24F3NO3S.C19H17N3O2.C14H19N3O3.C12H17N3O3.C12H17NO3S.C11H14ClNO3S/c1-18-12-13-21(16-23(24)15-19-8-4-2-5-9-19)22(14-18)27(25,26)17-20-10-6-3-7-11-20;20-19(21,22)15-11-10-14(13-23(24)16-6-4-5-7-16)18(12-15)27(25,26)17-8-2-1-3-9-17;1-2-22(24)13-18-16(9-8-14-10-11-20-12-17(14)18)19(23)21-15-6-4-3-5-7-15;1-16-7-6-10(8-16)17(19)9-12-11(14(15)18)4-3-5-13(12)20-2;1-3-14-12(16)11-4-5-13-8-10(11)9-15(17)6-7-18-2;1-12(2,3)13(14)9-10-7-5-6-8-11(10)17(4,15)16;1-3-13(14)8-9-5-6-10(12)7-11(9)17(15,16)4-2/h2-14,16H,15,17H2,1H3;10-13,16-17H,1-9H2;3-13H,2H2,1H3,(H,21,23);3-5,9-10H,6-8H2,1-2H3,(H2,15,18);4-5,8-9H,3,6-7H2,1-2H3,(H,14,16);5-9H,1-4H3;5-8H,3-4H2,1-2H3/b23-16-;23-13-;22-13-;17-9-;15-9-;13-9-;13-8-. The lowest BCUT2D eigenvalue weighted by Crippen LogP contribution is -2.29. The Bertz CT molecular complexity index is 7150. The van der Waals surface area contributed by atoms with E-state index < -0.39 is 67.8 Å². The van der Waals surface area contributed by atoms with E-state index in [4.69, 9.17) is 26.8 Å². The van der Waals surface area contributed by atoms with Crippen LogP contribution in [0.15, 0.2) is 257 Å². The highest BCUT2D eigenvalue weighted by Crippen LogP contribution is 2.37. The van der Waals surface area contributed by atoms with Crippen molar-refractivity contribution in [2.24, 2.45) is 5.73 Å². The first kappa shape index (κ1) is 121. The molecule has 0 bridgehead atoms. The minimum Gasteiger partial charge on any atom is -0.624 e. The molecule has 2 aliphatic carbocycles. The third kappa shape index (κ3) is 37.2. The van der Waals surface area contributed by atoms with Gasteiger partial charge in [-0.2, -0.15) is 13.2 Å². The highest BCUT2D eigenvalue weighted by Gasteiger charge is 2.38. The minimum absolute atomic E-state index is 0.0286. The van der Waals surface area contributed by atoms with Crippen molar-refractivity contribution in [2.45, 2.75) is 181 Å². The monoisotopic (exact) mass is 2160 g/mol. The SMILES string of the molecule is CC(C)(C)/[N+]([O-])=C/c1ccccc1S(C)(=O)=O.CC/[N+]([O-])=C/c1c(C(=O)Nc2ccccc2)ccc2ccncc12.CC/[N+]([O-])=C/c1ccc(Cl)cc1S(=O)(=O)CC.CCNC(=O)c1ccncc1/C=[N+](\[O-])CCOC.COc1cccc(C(N)=O)c1/C=[N+](\[O-])C1CCN(C)C1.Cc1ccc(/C=[N+](\[O-])Cc2ccccc2)c(S(=O)(=O)Cc2ccccc2)c1.O=S(=O)(c1cc(C(F)(F)F)ccc1/C=[N+](\[O-])C1CCCC1)C1CCCCC1. The lowest BCUT2D eigenvalue weighted by Gasteiger charge is -2.23. The molecule has 2 aromatic heterocycles. The van der Waals surface area contributed by atoms with Gasteiger partial charge in [0.1, 0.15) is 12.4 Å². The van der Waals surface area contributed by atoms with E-state index in [-0.39, 0.29) is 85.7 Å². The number of anilines is 1. The van der Waals surface area contributed by atoms with E-state index in [0.29, 0.717) is 129 Å². The lowest BCUT2D eigenvalue weighted by atomic mass is 10.0. The molecule has 1 saturated heterocycles. The van der Waals surface area contributed by atoms with Crippen LogP contribution >= 0.6 is 11.6 Å². The number of ether oxygens (including phenoxy) is 2. The average Bonchev–Trinajstić information content (AvgIpc) is 1.04. The second kappa shape index (κ2) is 57.6. The Morgan fingerprint density at radius 2 is 1.09 bits per heavy atom. The zero-order chi connectivity index (χ0) is 110. The first-order chi connectivity index (χ1) is 71.0. The molecular weight excluding hydrogens is 2030 g/mol. The number of carbonyl (C=O) groups excluding carboxylic acids is 3. The van der Waals surface area contributed by atoms with Crippen molar-refractivity contribution in [3.05, 3.63) is 356 Å². The molecule has 14 rings (SSSR count). The number of nitrogens with zero attached hydrogens (tertiary/aromatic N) is 10. The van der Waals surface area contributed by atoms with Gasteiger partial charge in [-0.1, -0.05) is 147 Å². The first-order valence-electron chi connectivity index (χ1n) is 48.4. The molecule has 4 N–H and O–H groups in total. The Kier molecular flexibility index (Phi) is 46.5. The number of nitrogens with one attached hydrogen (secondary N) is 2. The number of hydrogen-bond acceptors (Lipinski definition) is 23. The molecular formula is C109H129ClF3N13O20S4. The number of aryl methyl sites for hydroxylation is 1. The Labute approximate surface area is 879 Å². The largest absolute Gasteiger partial charge is 0.624 e. The maximum Gasteiger partial charge on any atom is 0.416 e. The van der Waals surface area contributed by atoms with Crippen molar-refractivity contribution < 1.29 is 104 Å². The Morgan fingerprint density at radius 3 is 1.68 bits per heavy atom. The van der Waals surface area contributed by atoms with Crippen LogP contribution < -0.4 is 21.1 Å². The fourth-order valence-electron chi connectivity index (χ4n) is 15.7. The van der Waals surface area contributed by atoms with Gasteiger partial charge in [-0.3, -0.25) is 29.3 Å². The second-order valence-electron chi connectivity index (χ2n) is 36.2. The number of sulfone groups is 4. The number of hydrogen-bond donors (Lipinski definition) is 3. The van der Waals surface area contributed by atoms with Crippen molar-refractivity contribution >= 4 is 129 Å². The third-order valence-corrected chi connectivity index (χ3v) is 31.0. The number of pyridine rings is 2. The van der Waals surface area contributed by atoms with Gasteiger partial charge in [-0.05, 0) is 180 Å². The number of hydroxylamine groups is 7. The number of methoxy groups -OCH3 is 2. The average molecular weight is 2160 g/mol. The van der Waals surface area contributed by atoms with Crippen LogP contribution in [0.3, 0.4) is 0 Å². The van der Waals surface area contributed by atoms with Gasteiger partial charge in [0.05, 0.1) is 111 Å². The van der Waals surface area contributed by atoms with Gasteiger partial charge in [0.25, 0.3) is 11.8 Å². The van der Waals surface area contributed by atoms with Gasteiger partial charge in [-0.15, -0.1) is 0 Å². The van der Waals surface area contributed by atoms with Crippen LogP contribution in [0.4, 0.5) is 18.9 Å². The summed E-state index contributed by atoms with van der Waals surface area (Å²) in [6.07, 6.45) is 19.5. The van der Waals surface area contributed by atoms with Crippen LogP contribution in [0.2, 0.25) is 5.02 Å². The van der Waals surface area contributed by atoms with Gasteiger partial charge in [-0.25, -0.2) is 66.8 Å². The van der Waals surface area contributed by atoms with E-state index in [9.17, 15) is 97.7 Å². The van der Waals surface area contributed by atoms with Crippen LogP contribution in [0.1, 0.15) is 205 Å². The molecule has 3 heterocycles. The van der Waals surface area contributed by atoms with Crippen molar-refractivity contribution in [3.8, 4) is 5.75 Å². The third-order valence-electron chi connectivity index (χ3n) is 23.8. The summed E-state index contributed by atoms with van der Waals surface area (Å²) in [4.78, 5) is 46.1. The van der Waals surface area contributed by atoms with Crippen molar-refractivity contribution in [1.82, 2.24) is 20.2 Å². The number of likely N-dealkylation sites (tertiary alicyclic amines) is 1. The number of carbonyl (C=O) groups is 3. The highest BCUT2D eigenvalue weighted by molar-refractivity contribution is 7.92. The summed E-state index contributed by atoms with van der Waals surface area (Å²) in [6.45, 7) is 17.4. The number of primary amides is 1. The summed E-state index contributed by atoms with van der Waals surface area (Å²) in [7, 11) is -9.23. The van der Waals surface area contributed by atoms with Gasteiger partial charge in [0.2, 0.25) is 5.91 Å². The van der Waals surface area contributed by atoms with Gasteiger partial charge in [0, 0.05) is 113 Å². The van der Waals surface area contributed by atoms with E-state index in [1.54, 1.807) is 133 Å². The maximum atomic E-state index is 13.2. The predicted octanol–water partition coefficient (Wildman–Crippen LogP) is 17.0. The molecule has 1 unspecified atom stereocenters. The topological polar surface area (TPSA) is 468 Å². The highest BCUT2D eigenvalue weighted by atomic mass is 35.5. The number of para-hydroxylation sites is 1. The van der Waals surface area contributed by atoms with Crippen LogP contribution in [0.25, 0.3) is 10.8 Å². The quantitative estimate of drug-likeness (QED) is 0.0163. The van der Waals surface area contributed by atoms with Crippen LogP contribution in [-0.4, -0.2) is 245 Å². The number of fused-ring (bicyclic) bond motifs is 1. The molecule has 3 fully saturated rings. The number of alkyl halides is 3. The van der Waals surface area contributed by atoms with Gasteiger partial charge >= 0.3 is 6.18 Å².